The number of hydrogen-bond donors (Lipinski definition) is 2. The quantitative estimate of drug-likeness (QED) is 0.336. The molecule has 1 atom stereocenters. The van der Waals surface area contributed by atoms with Gasteiger partial charge in [0, 0.05) is 6.08 Å². The molecule has 0 aromatic carbocycles. The highest BCUT2D eigenvalue weighted by molar-refractivity contribution is 5.93. The summed E-state index contributed by atoms with van der Waals surface area (Å²) < 4.78 is 4.00. The third-order valence-corrected chi connectivity index (χ3v) is 1.03. The van der Waals surface area contributed by atoms with E-state index in [-0.39, 0.29) is 0 Å². The lowest BCUT2D eigenvalue weighted by Gasteiger charge is -2.02. The minimum absolute atomic E-state index is 0.755. The van der Waals surface area contributed by atoms with Gasteiger partial charge in [0.25, 0.3) is 0 Å². The van der Waals surface area contributed by atoms with Crippen LogP contribution in [0, 0.1) is 0 Å². The van der Waals surface area contributed by atoms with Gasteiger partial charge in [-0.3, -0.25) is 4.79 Å². The molecule has 0 fully saturated rings. The second-order valence-electron chi connectivity index (χ2n) is 2.06. The van der Waals surface area contributed by atoms with Gasteiger partial charge in [0.1, 0.15) is 0 Å². The lowest BCUT2D eigenvalue weighted by atomic mass is 10.2. The molecule has 0 amide bonds. The van der Waals surface area contributed by atoms with Gasteiger partial charge in [-0.05, 0) is 0 Å². The first-order chi connectivity index (χ1) is 5.97. The average molecular weight is 188 g/mol. The highest BCUT2D eigenvalue weighted by atomic mass is 16.6. The van der Waals surface area contributed by atoms with Crippen LogP contribution in [-0.2, 0) is 19.1 Å². The van der Waals surface area contributed by atoms with Gasteiger partial charge in [-0.1, -0.05) is 6.58 Å². The number of rotatable bonds is 4. The Balaban J connectivity index is 3.94. The number of carbonyl (C=O) groups is 3. The zero-order chi connectivity index (χ0) is 10.4. The predicted molar refractivity (Wildman–Crippen MR) is 39.6 cm³/mol. The van der Waals surface area contributed by atoms with E-state index in [1.807, 2.05) is 0 Å². The Morgan fingerprint density at radius 2 is 2.00 bits per heavy atom. The van der Waals surface area contributed by atoms with E-state index < -0.39 is 30.4 Å². The molecule has 6 heteroatoms. The largest absolute Gasteiger partial charge is 0.479 e. The van der Waals surface area contributed by atoms with Crippen LogP contribution in [0.5, 0.6) is 0 Å². The van der Waals surface area contributed by atoms with Crippen molar-refractivity contribution >= 4 is 17.9 Å². The predicted octanol–water partition coefficient (Wildman–Crippen LogP) is -0.922. The summed E-state index contributed by atoms with van der Waals surface area (Å²) in [5.74, 6) is -3.65. The Kier molecular flexibility index (Phi) is 4.39. The van der Waals surface area contributed by atoms with Gasteiger partial charge in [0.2, 0.25) is 0 Å². The summed E-state index contributed by atoms with van der Waals surface area (Å²) >= 11 is 0. The lowest BCUT2D eigenvalue weighted by Crippen LogP contribution is -2.25. The Bertz CT molecular complexity index is 243. The van der Waals surface area contributed by atoms with Crippen molar-refractivity contribution in [3.05, 3.63) is 12.7 Å². The molecule has 0 aliphatic carbocycles. The molecule has 0 bridgehead atoms. The molecule has 0 rings (SSSR count). The van der Waals surface area contributed by atoms with Crippen LogP contribution < -0.4 is 0 Å². The van der Waals surface area contributed by atoms with Crippen LogP contribution in [-0.4, -0.2) is 34.2 Å². The number of aliphatic carboxylic acids is 1. The zero-order valence-corrected chi connectivity index (χ0v) is 6.60. The fourth-order valence-corrected chi connectivity index (χ4v) is 0.441. The first kappa shape index (κ1) is 11.3. The maximum absolute atomic E-state index is 10.6. The summed E-state index contributed by atoms with van der Waals surface area (Å²) in [4.78, 5) is 31.0. The second kappa shape index (κ2) is 5.04. The summed E-state index contributed by atoms with van der Waals surface area (Å²) in [6, 6.07) is 0. The number of aliphatic hydroxyl groups excluding tert-OH is 1. The van der Waals surface area contributed by atoms with Gasteiger partial charge in [-0.15, -0.1) is 0 Å². The summed E-state index contributed by atoms with van der Waals surface area (Å²) in [6.07, 6.45) is -1.87. The van der Waals surface area contributed by atoms with Gasteiger partial charge in [0.15, 0.2) is 6.10 Å². The first-order valence-electron chi connectivity index (χ1n) is 3.25. The number of carboxylic acids is 1. The number of carboxylic acid groups (broad SMARTS) is 1. The number of carbonyl (C=O) groups excluding carboxylic acids is 2. The van der Waals surface area contributed by atoms with E-state index in [1.54, 1.807) is 0 Å². The third kappa shape index (κ3) is 4.70. The molecule has 0 aliphatic heterocycles. The summed E-state index contributed by atoms with van der Waals surface area (Å²) in [5.41, 5.74) is 0. The van der Waals surface area contributed by atoms with Crippen molar-refractivity contribution in [1.82, 2.24) is 0 Å². The monoisotopic (exact) mass is 188 g/mol. The number of esters is 2. The van der Waals surface area contributed by atoms with Crippen molar-refractivity contribution in [3.8, 4) is 0 Å². The summed E-state index contributed by atoms with van der Waals surface area (Å²) in [7, 11) is 0. The van der Waals surface area contributed by atoms with E-state index in [0.717, 1.165) is 6.08 Å². The van der Waals surface area contributed by atoms with E-state index in [0.29, 0.717) is 0 Å². The van der Waals surface area contributed by atoms with E-state index in [9.17, 15) is 14.4 Å². The molecule has 0 radical (unpaired) electrons. The molecule has 0 heterocycles. The smallest absolute Gasteiger partial charge is 0.337 e. The van der Waals surface area contributed by atoms with Crippen molar-refractivity contribution in [2.24, 2.45) is 0 Å². The van der Waals surface area contributed by atoms with Gasteiger partial charge in [-0.25, -0.2) is 9.59 Å². The number of aliphatic hydroxyl groups is 1. The van der Waals surface area contributed by atoms with Crippen molar-refractivity contribution < 1.29 is 29.3 Å². The van der Waals surface area contributed by atoms with Gasteiger partial charge >= 0.3 is 17.9 Å². The van der Waals surface area contributed by atoms with Crippen LogP contribution in [0.15, 0.2) is 12.7 Å². The molecule has 0 saturated carbocycles. The summed E-state index contributed by atoms with van der Waals surface area (Å²) in [6.45, 7) is 3.02. The van der Waals surface area contributed by atoms with Crippen molar-refractivity contribution in [1.29, 1.82) is 0 Å². The zero-order valence-electron chi connectivity index (χ0n) is 6.60. The average Bonchev–Trinajstić information content (AvgIpc) is 2.03. The minimum atomic E-state index is -1.86. The molecule has 0 aromatic rings. The normalized spacial score (nSPS) is 11.5. The molecule has 0 spiro atoms. The van der Waals surface area contributed by atoms with Crippen LogP contribution in [0.3, 0.4) is 0 Å². The Hall–Kier alpha value is -1.69. The molecule has 6 nitrogen and oxygen atoms in total. The van der Waals surface area contributed by atoms with Crippen molar-refractivity contribution in [3.63, 3.8) is 0 Å². The van der Waals surface area contributed by atoms with Crippen LogP contribution in [0.1, 0.15) is 6.42 Å². The Morgan fingerprint density at radius 3 is 2.38 bits per heavy atom. The van der Waals surface area contributed by atoms with E-state index >= 15 is 0 Å². The molecule has 0 aliphatic rings. The highest BCUT2D eigenvalue weighted by Crippen LogP contribution is 1.95. The Morgan fingerprint density at radius 1 is 1.46 bits per heavy atom. The molecule has 72 valence electrons. The maximum Gasteiger partial charge on any atom is 0.337 e. The fraction of sp³-hybridized carbons (Fsp3) is 0.286. The van der Waals surface area contributed by atoms with Crippen LogP contribution in [0.25, 0.3) is 0 Å². The van der Waals surface area contributed by atoms with E-state index in [1.165, 1.54) is 0 Å². The Labute approximate surface area is 73.4 Å². The molecular weight excluding hydrogens is 180 g/mol. The van der Waals surface area contributed by atoms with Crippen LogP contribution in [0.4, 0.5) is 0 Å². The van der Waals surface area contributed by atoms with Gasteiger partial charge in [0.05, 0.1) is 6.42 Å². The fourth-order valence-electron chi connectivity index (χ4n) is 0.441. The molecule has 2 N–H and O–H groups in total. The van der Waals surface area contributed by atoms with Crippen LogP contribution in [0.2, 0.25) is 0 Å². The summed E-state index contributed by atoms with van der Waals surface area (Å²) in [5, 5.41) is 16.8. The number of hydrogen-bond acceptors (Lipinski definition) is 5. The molecular formula is C7H8O6. The maximum atomic E-state index is 10.6. The van der Waals surface area contributed by atoms with Crippen molar-refractivity contribution in [2.75, 3.05) is 0 Å². The second-order valence-corrected chi connectivity index (χ2v) is 2.06. The molecule has 0 saturated heterocycles. The van der Waals surface area contributed by atoms with Crippen LogP contribution >= 0.6 is 0 Å². The van der Waals surface area contributed by atoms with Gasteiger partial charge in [-0.2, -0.15) is 0 Å². The highest BCUT2D eigenvalue weighted by Gasteiger charge is 2.19. The molecule has 1 unspecified atom stereocenters. The molecule has 0 aromatic heterocycles. The number of ether oxygens (including phenoxy) is 1. The minimum Gasteiger partial charge on any atom is -0.479 e. The lowest BCUT2D eigenvalue weighted by molar-refractivity contribution is -0.161. The van der Waals surface area contributed by atoms with E-state index in [2.05, 4.69) is 11.3 Å². The standard InChI is InChI=1S/C7H8O6/c1-2-5(9)13-6(10)3-4(8)7(11)12/h2,4,8H,1,3H2,(H,11,12). The third-order valence-electron chi connectivity index (χ3n) is 1.03. The first-order valence-corrected chi connectivity index (χ1v) is 3.25. The van der Waals surface area contributed by atoms with Gasteiger partial charge < -0.3 is 14.9 Å². The molecule has 13 heavy (non-hydrogen) atoms. The van der Waals surface area contributed by atoms with E-state index in [4.69, 9.17) is 10.2 Å². The SMILES string of the molecule is C=CC(=O)OC(=O)CC(O)C(=O)O. The topological polar surface area (TPSA) is 101 Å². The van der Waals surface area contributed by atoms with Crippen molar-refractivity contribution in [2.45, 2.75) is 12.5 Å².